The fourth-order valence-corrected chi connectivity index (χ4v) is 3.37. The van der Waals surface area contributed by atoms with E-state index in [4.69, 9.17) is 0 Å². The van der Waals surface area contributed by atoms with E-state index in [1.54, 1.807) is 0 Å². The van der Waals surface area contributed by atoms with Crippen LogP contribution in [0.4, 0.5) is 0 Å². The molecule has 1 aliphatic rings. The molecule has 1 N–H and O–H groups in total. The van der Waals surface area contributed by atoms with Crippen LogP contribution in [0.5, 0.6) is 0 Å². The Balaban J connectivity index is 1.36. The Hall–Kier alpha value is -1.97. The third kappa shape index (κ3) is 4.77. The van der Waals surface area contributed by atoms with Gasteiger partial charge in [-0.25, -0.2) is 0 Å². The van der Waals surface area contributed by atoms with Gasteiger partial charge in [0.15, 0.2) is 5.78 Å². The van der Waals surface area contributed by atoms with Crippen molar-refractivity contribution in [3.05, 3.63) is 70.3 Å². The highest BCUT2D eigenvalue weighted by molar-refractivity contribution is 5.96. The minimum absolute atomic E-state index is 0.225. The summed E-state index contributed by atoms with van der Waals surface area (Å²) in [7, 11) is 0. The van der Waals surface area contributed by atoms with Crippen molar-refractivity contribution in [2.24, 2.45) is 0 Å². The molecule has 0 aromatic heterocycles. The number of hydrogen-bond acceptors (Lipinski definition) is 3. The van der Waals surface area contributed by atoms with Crippen LogP contribution in [0.15, 0.2) is 42.5 Å². The van der Waals surface area contributed by atoms with E-state index in [1.165, 1.54) is 22.3 Å². The standard InChI is InChI=1S/C22H28N2O/c1-17-7-8-20(15-18(17)2)22(25)9-11-23-12-14-24-13-10-19-5-3-4-6-21(19)16-24/h3-8,15,23H,9-14,16H2,1-2H3. The van der Waals surface area contributed by atoms with E-state index in [9.17, 15) is 4.79 Å². The van der Waals surface area contributed by atoms with E-state index in [-0.39, 0.29) is 5.78 Å². The number of nitrogens with zero attached hydrogens (tertiary/aromatic N) is 1. The number of ketones is 1. The predicted octanol–water partition coefficient (Wildman–Crippen LogP) is 3.52. The first-order valence-electron chi connectivity index (χ1n) is 9.24. The lowest BCUT2D eigenvalue weighted by Crippen LogP contribution is -2.36. The van der Waals surface area contributed by atoms with Crippen LogP contribution in [0.1, 0.15) is 39.0 Å². The minimum Gasteiger partial charge on any atom is -0.315 e. The summed E-state index contributed by atoms with van der Waals surface area (Å²) < 4.78 is 0. The summed E-state index contributed by atoms with van der Waals surface area (Å²) in [4.78, 5) is 14.7. The summed E-state index contributed by atoms with van der Waals surface area (Å²) in [6, 6.07) is 14.7. The molecule has 1 aliphatic heterocycles. The molecular formula is C22H28N2O. The van der Waals surface area contributed by atoms with Crippen molar-refractivity contribution in [3.63, 3.8) is 0 Å². The number of nitrogens with one attached hydrogen (secondary N) is 1. The lowest BCUT2D eigenvalue weighted by molar-refractivity contribution is 0.0982. The van der Waals surface area contributed by atoms with E-state index in [0.29, 0.717) is 6.42 Å². The smallest absolute Gasteiger partial charge is 0.164 e. The van der Waals surface area contributed by atoms with Crippen LogP contribution in [-0.2, 0) is 13.0 Å². The van der Waals surface area contributed by atoms with Gasteiger partial charge >= 0.3 is 0 Å². The number of benzene rings is 2. The Morgan fingerprint density at radius 3 is 2.64 bits per heavy atom. The Labute approximate surface area is 151 Å². The van der Waals surface area contributed by atoms with Gasteiger partial charge < -0.3 is 5.32 Å². The van der Waals surface area contributed by atoms with Gasteiger partial charge in [-0.1, -0.05) is 36.4 Å². The normalized spacial score (nSPS) is 14.3. The van der Waals surface area contributed by atoms with Crippen molar-refractivity contribution in [3.8, 4) is 0 Å². The Kier molecular flexibility index (Phi) is 6.00. The van der Waals surface area contributed by atoms with Crippen LogP contribution in [-0.4, -0.2) is 36.9 Å². The average Bonchev–Trinajstić information content (AvgIpc) is 2.63. The van der Waals surface area contributed by atoms with Gasteiger partial charge in [-0.2, -0.15) is 0 Å². The highest BCUT2D eigenvalue weighted by Crippen LogP contribution is 2.17. The van der Waals surface area contributed by atoms with Gasteiger partial charge in [-0.05, 0) is 48.6 Å². The Morgan fingerprint density at radius 1 is 1.04 bits per heavy atom. The molecule has 3 rings (SSSR count). The molecule has 2 aromatic carbocycles. The van der Waals surface area contributed by atoms with Crippen LogP contribution >= 0.6 is 0 Å². The van der Waals surface area contributed by atoms with Crippen molar-refractivity contribution in [1.29, 1.82) is 0 Å². The quantitative estimate of drug-likeness (QED) is 0.620. The molecule has 0 radical (unpaired) electrons. The van der Waals surface area contributed by atoms with E-state index < -0.39 is 0 Å². The molecule has 0 fully saturated rings. The maximum atomic E-state index is 12.3. The topological polar surface area (TPSA) is 32.3 Å². The highest BCUT2D eigenvalue weighted by atomic mass is 16.1. The van der Waals surface area contributed by atoms with Crippen molar-refractivity contribution < 1.29 is 4.79 Å². The first-order chi connectivity index (χ1) is 12.1. The Morgan fingerprint density at radius 2 is 1.84 bits per heavy atom. The second kappa shape index (κ2) is 8.41. The van der Waals surface area contributed by atoms with Crippen LogP contribution in [0.25, 0.3) is 0 Å². The van der Waals surface area contributed by atoms with E-state index in [0.717, 1.165) is 44.7 Å². The summed E-state index contributed by atoms with van der Waals surface area (Å²) in [5.41, 5.74) is 6.20. The number of hydrogen-bond donors (Lipinski definition) is 1. The first-order valence-corrected chi connectivity index (χ1v) is 9.24. The van der Waals surface area contributed by atoms with Gasteiger partial charge in [0.2, 0.25) is 0 Å². The number of aryl methyl sites for hydroxylation is 2. The maximum Gasteiger partial charge on any atom is 0.164 e. The molecule has 0 saturated heterocycles. The Bertz CT molecular complexity index is 739. The monoisotopic (exact) mass is 336 g/mol. The van der Waals surface area contributed by atoms with Crippen molar-refractivity contribution in [2.45, 2.75) is 33.2 Å². The van der Waals surface area contributed by atoms with E-state index in [2.05, 4.69) is 48.3 Å². The molecule has 3 heteroatoms. The van der Waals surface area contributed by atoms with E-state index >= 15 is 0 Å². The third-order valence-corrected chi connectivity index (χ3v) is 5.17. The molecule has 0 aliphatic carbocycles. The van der Waals surface area contributed by atoms with Gasteiger partial charge in [0, 0.05) is 44.7 Å². The molecule has 3 nitrogen and oxygen atoms in total. The number of rotatable bonds is 7. The molecule has 0 saturated carbocycles. The highest BCUT2D eigenvalue weighted by Gasteiger charge is 2.14. The second-order valence-corrected chi connectivity index (χ2v) is 7.02. The van der Waals surface area contributed by atoms with Crippen molar-refractivity contribution in [1.82, 2.24) is 10.2 Å². The zero-order valence-corrected chi connectivity index (χ0v) is 15.3. The lowest BCUT2D eigenvalue weighted by atomic mass is 10.00. The third-order valence-electron chi connectivity index (χ3n) is 5.17. The molecule has 0 amide bonds. The number of Topliss-reactive ketones (excluding diaryl/α,β-unsaturated/α-hetero) is 1. The molecule has 0 atom stereocenters. The van der Waals surface area contributed by atoms with Crippen LogP contribution in [0.3, 0.4) is 0 Å². The number of fused-ring (bicyclic) bond motifs is 1. The minimum atomic E-state index is 0.225. The fraction of sp³-hybridized carbons (Fsp3) is 0.409. The van der Waals surface area contributed by atoms with Gasteiger partial charge in [-0.3, -0.25) is 9.69 Å². The molecule has 2 aromatic rings. The second-order valence-electron chi connectivity index (χ2n) is 7.02. The SMILES string of the molecule is Cc1ccc(C(=O)CCNCCN2CCc3ccccc3C2)cc1C. The largest absolute Gasteiger partial charge is 0.315 e. The van der Waals surface area contributed by atoms with Crippen LogP contribution in [0, 0.1) is 13.8 Å². The summed E-state index contributed by atoms with van der Waals surface area (Å²) in [5, 5.41) is 3.42. The van der Waals surface area contributed by atoms with Gasteiger partial charge in [0.05, 0.1) is 0 Å². The van der Waals surface area contributed by atoms with Crippen molar-refractivity contribution in [2.75, 3.05) is 26.2 Å². The van der Waals surface area contributed by atoms with Crippen molar-refractivity contribution >= 4 is 5.78 Å². The van der Waals surface area contributed by atoms with E-state index in [1.807, 2.05) is 18.2 Å². The van der Waals surface area contributed by atoms with Gasteiger partial charge in [-0.15, -0.1) is 0 Å². The maximum absolute atomic E-state index is 12.3. The molecule has 0 spiro atoms. The molecular weight excluding hydrogens is 308 g/mol. The summed E-state index contributed by atoms with van der Waals surface area (Å²) in [6.45, 7) is 9.01. The first kappa shape index (κ1) is 17.8. The zero-order valence-electron chi connectivity index (χ0n) is 15.3. The van der Waals surface area contributed by atoms with Crippen LogP contribution in [0.2, 0.25) is 0 Å². The van der Waals surface area contributed by atoms with Gasteiger partial charge in [0.25, 0.3) is 0 Å². The molecule has 132 valence electrons. The predicted molar refractivity (Wildman–Crippen MR) is 103 cm³/mol. The number of carbonyl (C=O) groups excluding carboxylic acids is 1. The molecule has 0 unspecified atom stereocenters. The molecule has 25 heavy (non-hydrogen) atoms. The van der Waals surface area contributed by atoms with Gasteiger partial charge in [0.1, 0.15) is 0 Å². The number of carbonyl (C=O) groups is 1. The molecule has 0 bridgehead atoms. The average molecular weight is 336 g/mol. The zero-order chi connectivity index (χ0) is 17.6. The molecule has 1 heterocycles. The summed E-state index contributed by atoms with van der Waals surface area (Å²) in [5.74, 6) is 0.225. The van der Waals surface area contributed by atoms with Crippen LogP contribution < -0.4 is 5.32 Å². The fourth-order valence-electron chi connectivity index (χ4n) is 3.37. The summed E-state index contributed by atoms with van der Waals surface area (Å²) in [6.07, 6.45) is 1.70. The summed E-state index contributed by atoms with van der Waals surface area (Å²) >= 11 is 0. The lowest BCUT2D eigenvalue weighted by Gasteiger charge is -2.28.